The van der Waals surface area contributed by atoms with E-state index in [1.165, 1.54) is 5.56 Å². The fourth-order valence-electron chi connectivity index (χ4n) is 2.65. The largest absolute Gasteiger partial charge is 0.326 e. The van der Waals surface area contributed by atoms with Crippen LogP contribution in [0.5, 0.6) is 0 Å². The second kappa shape index (κ2) is 5.10. The first kappa shape index (κ1) is 12.9. The van der Waals surface area contributed by atoms with Crippen LogP contribution in [0.15, 0.2) is 42.5 Å². The Morgan fingerprint density at radius 3 is 2.75 bits per heavy atom. The number of carbonyl (C=O) groups is 1. The van der Waals surface area contributed by atoms with E-state index in [1.807, 2.05) is 18.2 Å². The third-order valence-electron chi connectivity index (χ3n) is 3.76. The molecule has 3 rings (SSSR count). The van der Waals surface area contributed by atoms with Gasteiger partial charge in [0.05, 0.1) is 0 Å². The molecule has 2 aromatic carbocycles. The van der Waals surface area contributed by atoms with Gasteiger partial charge >= 0.3 is 0 Å². The summed E-state index contributed by atoms with van der Waals surface area (Å²) in [6.07, 6.45) is 1.18. The van der Waals surface area contributed by atoms with E-state index in [2.05, 4.69) is 36.5 Å². The molecular weight excluding hydrogens is 248 g/mol. The first-order valence-corrected chi connectivity index (χ1v) is 6.90. The maximum atomic E-state index is 11.7. The van der Waals surface area contributed by atoms with Crippen molar-refractivity contribution in [2.45, 2.75) is 25.8 Å². The van der Waals surface area contributed by atoms with Crippen molar-refractivity contribution in [1.82, 2.24) is 0 Å². The van der Waals surface area contributed by atoms with Crippen LogP contribution in [-0.4, -0.2) is 5.91 Å². The minimum atomic E-state index is -0.0736. The second-order valence-electron chi connectivity index (χ2n) is 5.36. The van der Waals surface area contributed by atoms with Gasteiger partial charge in [-0.05, 0) is 36.1 Å². The highest BCUT2D eigenvalue weighted by Gasteiger charge is 2.19. The van der Waals surface area contributed by atoms with Gasteiger partial charge in [-0.3, -0.25) is 4.79 Å². The highest BCUT2D eigenvalue weighted by atomic mass is 16.1. The lowest BCUT2D eigenvalue weighted by Crippen LogP contribution is -2.09. The number of benzene rings is 2. The number of amides is 1. The zero-order chi connectivity index (χ0) is 14.1. The Morgan fingerprint density at radius 2 is 1.95 bits per heavy atom. The Kier molecular flexibility index (Phi) is 3.28. The molecular formula is C17H18N2O. The van der Waals surface area contributed by atoms with E-state index in [0.717, 1.165) is 22.4 Å². The van der Waals surface area contributed by atoms with E-state index in [1.54, 1.807) is 0 Å². The molecule has 1 atom stereocenters. The van der Waals surface area contributed by atoms with Gasteiger partial charge in [0.1, 0.15) is 0 Å². The van der Waals surface area contributed by atoms with Crippen molar-refractivity contribution < 1.29 is 4.79 Å². The summed E-state index contributed by atoms with van der Waals surface area (Å²) in [7, 11) is 0. The molecule has 1 amide bonds. The van der Waals surface area contributed by atoms with Crippen LogP contribution >= 0.6 is 0 Å². The molecule has 3 N–H and O–H groups in total. The predicted molar refractivity (Wildman–Crippen MR) is 81.4 cm³/mol. The maximum absolute atomic E-state index is 11.7. The number of nitrogens with two attached hydrogens (primary N) is 1. The molecule has 102 valence electrons. The van der Waals surface area contributed by atoms with Gasteiger partial charge in [0.25, 0.3) is 0 Å². The van der Waals surface area contributed by atoms with Crippen LogP contribution in [0.25, 0.3) is 11.1 Å². The van der Waals surface area contributed by atoms with Gasteiger partial charge in [-0.15, -0.1) is 0 Å². The molecule has 0 unspecified atom stereocenters. The summed E-state index contributed by atoms with van der Waals surface area (Å²) >= 11 is 0. The van der Waals surface area contributed by atoms with Crippen LogP contribution in [0.1, 0.15) is 30.0 Å². The summed E-state index contributed by atoms with van der Waals surface area (Å²) in [6, 6.07) is 14.4. The predicted octanol–water partition coefficient (Wildman–Crippen LogP) is 3.39. The van der Waals surface area contributed by atoms with Gasteiger partial charge in [0.2, 0.25) is 5.91 Å². The van der Waals surface area contributed by atoms with Crippen molar-refractivity contribution in [1.29, 1.82) is 0 Å². The van der Waals surface area contributed by atoms with E-state index in [4.69, 9.17) is 5.73 Å². The highest BCUT2D eigenvalue weighted by Crippen LogP contribution is 2.32. The average molecular weight is 266 g/mol. The number of carbonyl (C=O) groups excluding carboxylic acids is 1. The van der Waals surface area contributed by atoms with Crippen LogP contribution < -0.4 is 11.1 Å². The summed E-state index contributed by atoms with van der Waals surface area (Å²) in [4.78, 5) is 11.7. The quantitative estimate of drug-likeness (QED) is 0.831. The van der Waals surface area contributed by atoms with Gasteiger partial charge in [-0.25, -0.2) is 0 Å². The first-order valence-electron chi connectivity index (χ1n) is 6.90. The summed E-state index contributed by atoms with van der Waals surface area (Å²) in [5.41, 5.74) is 11.5. The normalized spacial score (nSPS) is 18.1. The van der Waals surface area contributed by atoms with Gasteiger partial charge in [0.15, 0.2) is 0 Å². The summed E-state index contributed by atoms with van der Waals surface area (Å²) < 4.78 is 0. The number of hydrogen-bond donors (Lipinski definition) is 2. The van der Waals surface area contributed by atoms with E-state index < -0.39 is 0 Å². The lowest BCUT2D eigenvalue weighted by atomic mass is 9.97. The number of aryl methyl sites for hydroxylation is 1. The zero-order valence-corrected chi connectivity index (χ0v) is 11.5. The van der Waals surface area contributed by atoms with Crippen molar-refractivity contribution in [3.8, 4) is 11.1 Å². The Labute approximate surface area is 118 Å². The van der Waals surface area contributed by atoms with E-state index >= 15 is 0 Å². The van der Waals surface area contributed by atoms with Gasteiger partial charge in [-0.2, -0.15) is 0 Å². The Bertz CT molecular complexity index is 664. The second-order valence-corrected chi connectivity index (χ2v) is 5.36. The molecule has 0 bridgehead atoms. The van der Waals surface area contributed by atoms with Gasteiger partial charge in [0, 0.05) is 18.2 Å². The van der Waals surface area contributed by atoms with Crippen molar-refractivity contribution in [2.75, 3.05) is 5.32 Å². The molecule has 1 aliphatic heterocycles. The topological polar surface area (TPSA) is 55.1 Å². The third-order valence-corrected chi connectivity index (χ3v) is 3.76. The molecule has 3 nitrogen and oxygen atoms in total. The smallest absolute Gasteiger partial charge is 0.224 e. The Morgan fingerprint density at radius 1 is 1.15 bits per heavy atom. The minimum Gasteiger partial charge on any atom is -0.326 e. The van der Waals surface area contributed by atoms with E-state index in [-0.39, 0.29) is 11.9 Å². The number of nitrogens with one attached hydrogen (secondary N) is 1. The van der Waals surface area contributed by atoms with Crippen LogP contribution in [0.2, 0.25) is 0 Å². The maximum Gasteiger partial charge on any atom is 0.224 e. The molecule has 2 aromatic rings. The third kappa shape index (κ3) is 2.45. The van der Waals surface area contributed by atoms with E-state index in [0.29, 0.717) is 12.8 Å². The molecule has 0 saturated carbocycles. The number of rotatable bonds is 1. The minimum absolute atomic E-state index is 0.0422. The van der Waals surface area contributed by atoms with Gasteiger partial charge in [-0.1, -0.05) is 42.0 Å². The summed E-state index contributed by atoms with van der Waals surface area (Å²) in [5.74, 6) is 0.0422. The highest BCUT2D eigenvalue weighted by molar-refractivity contribution is 5.93. The van der Waals surface area contributed by atoms with Crippen molar-refractivity contribution in [3.63, 3.8) is 0 Å². The SMILES string of the molecule is Cc1cccc(-c2ccc3c(c2)NC(=O)CC[C@@H]3N)c1. The van der Waals surface area contributed by atoms with Crippen molar-refractivity contribution >= 4 is 11.6 Å². The molecule has 0 aromatic heterocycles. The molecule has 3 heteroatoms. The standard InChI is InChI=1S/C17H18N2O/c1-11-3-2-4-12(9-11)13-5-6-14-15(18)7-8-17(20)19-16(14)10-13/h2-6,9-10,15H,7-8,18H2,1H3,(H,19,20)/t15-/m0/s1. The van der Waals surface area contributed by atoms with Crippen LogP contribution in [0, 0.1) is 6.92 Å². The monoisotopic (exact) mass is 266 g/mol. The zero-order valence-electron chi connectivity index (χ0n) is 11.5. The van der Waals surface area contributed by atoms with Crippen LogP contribution in [-0.2, 0) is 4.79 Å². The molecule has 1 heterocycles. The summed E-state index contributed by atoms with van der Waals surface area (Å²) in [5, 5.41) is 2.96. The number of hydrogen-bond acceptors (Lipinski definition) is 2. The molecule has 0 saturated heterocycles. The van der Waals surface area contributed by atoms with Gasteiger partial charge < -0.3 is 11.1 Å². The van der Waals surface area contributed by atoms with Crippen LogP contribution in [0.3, 0.4) is 0 Å². The molecule has 0 radical (unpaired) electrons. The Balaban J connectivity index is 2.06. The lowest BCUT2D eigenvalue weighted by Gasteiger charge is -2.14. The van der Waals surface area contributed by atoms with Crippen molar-refractivity contribution in [2.24, 2.45) is 5.73 Å². The average Bonchev–Trinajstić information content (AvgIpc) is 2.58. The van der Waals surface area contributed by atoms with Crippen LogP contribution in [0.4, 0.5) is 5.69 Å². The molecule has 0 fully saturated rings. The number of fused-ring (bicyclic) bond motifs is 1. The molecule has 1 aliphatic rings. The Hall–Kier alpha value is -2.13. The molecule has 0 aliphatic carbocycles. The fraction of sp³-hybridized carbons (Fsp3) is 0.235. The summed E-state index contributed by atoms with van der Waals surface area (Å²) in [6.45, 7) is 2.07. The fourth-order valence-corrected chi connectivity index (χ4v) is 2.65. The lowest BCUT2D eigenvalue weighted by molar-refractivity contribution is -0.116. The first-order chi connectivity index (χ1) is 9.63. The molecule has 0 spiro atoms. The van der Waals surface area contributed by atoms with E-state index in [9.17, 15) is 4.79 Å². The van der Waals surface area contributed by atoms with Crippen molar-refractivity contribution in [3.05, 3.63) is 53.6 Å². The molecule has 20 heavy (non-hydrogen) atoms. The number of anilines is 1.